The van der Waals surface area contributed by atoms with Gasteiger partial charge in [-0.3, -0.25) is 0 Å². The topological polar surface area (TPSA) is 12.0 Å². The summed E-state index contributed by atoms with van der Waals surface area (Å²) in [6.07, 6.45) is 2.36. The van der Waals surface area contributed by atoms with Crippen molar-refractivity contribution in [3.05, 3.63) is 63.6 Å². The second-order valence-electron chi connectivity index (χ2n) is 4.87. The molecule has 0 unspecified atom stereocenters. The van der Waals surface area contributed by atoms with Crippen LogP contribution in [0.25, 0.3) is 0 Å². The molecule has 2 heteroatoms. The summed E-state index contributed by atoms with van der Waals surface area (Å²) in [5.41, 5.74) is 5.30. The van der Waals surface area contributed by atoms with Crippen LogP contribution in [0.4, 0.5) is 5.69 Å². The van der Waals surface area contributed by atoms with Crippen LogP contribution in [0, 0.1) is 6.92 Å². The van der Waals surface area contributed by atoms with Gasteiger partial charge in [-0.05, 0) is 54.3 Å². The number of hydrogen-bond acceptors (Lipinski definition) is 1. The largest absolute Gasteiger partial charge is 0.381 e. The van der Waals surface area contributed by atoms with Crippen LogP contribution >= 0.6 is 15.9 Å². The molecule has 19 heavy (non-hydrogen) atoms. The third-order valence-electron chi connectivity index (χ3n) is 3.25. The zero-order valence-electron chi connectivity index (χ0n) is 11.5. The summed E-state index contributed by atoms with van der Waals surface area (Å²) in [6.45, 7) is 5.26. The highest BCUT2D eigenvalue weighted by Crippen LogP contribution is 2.18. The summed E-state index contributed by atoms with van der Waals surface area (Å²) in [4.78, 5) is 0. The zero-order chi connectivity index (χ0) is 13.7. The molecule has 0 fully saturated rings. The maximum absolute atomic E-state index is 3.50. The van der Waals surface area contributed by atoms with Gasteiger partial charge in [0.15, 0.2) is 0 Å². The molecule has 0 spiro atoms. The van der Waals surface area contributed by atoms with Crippen molar-refractivity contribution in [1.29, 1.82) is 0 Å². The summed E-state index contributed by atoms with van der Waals surface area (Å²) in [7, 11) is 0. The van der Waals surface area contributed by atoms with Crippen LogP contribution in [0.5, 0.6) is 0 Å². The van der Waals surface area contributed by atoms with Crippen molar-refractivity contribution in [1.82, 2.24) is 0 Å². The molecule has 0 saturated carbocycles. The molecule has 1 N–H and O–H groups in total. The van der Waals surface area contributed by atoms with E-state index in [9.17, 15) is 0 Å². The van der Waals surface area contributed by atoms with E-state index in [1.54, 1.807) is 0 Å². The maximum atomic E-state index is 3.50. The van der Waals surface area contributed by atoms with Crippen LogP contribution < -0.4 is 5.32 Å². The van der Waals surface area contributed by atoms with Crippen LogP contribution in [-0.4, -0.2) is 0 Å². The molecule has 2 aromatic carbocycles. The lowest BCUT2D eigenvalue weighted by Crippen LogP contribution is -2.00. The predicted molar refractivity (Wildman–Crippen MR) is 86.6 cm³/mol. The van der Waals surface area contributed by atoms with Gasteiger partial charge in [0.25, 0.3) is 0 Å². The molecular formula is C17H20BrN. The number of nitrogens with one attached hydrogen (secondary N) is 1. The molecule has 0 atom stereocenters. The van der Waals surface area contributed by atoms with Crippen LogP contribution in [0.1, 0.15) is 30.0 Å². The van der Waals surface area contributed by atoms with Gasteiger partial charge >= 0.3 is 0 Å². The van der Waals surface area contributed by atoms with Crippen LogP contribution in [0.2, 0.25) is 0 Å². The second kappa shape index (κ2) is 6.76. The Morgan fingerprint density at radius 1 is 1.11 bits per heavy atom. The fourth-order valence-corrected chi connectivity index (χ4v) is 2.65. The molecule has 0 heterocycles. The summed E-state index contributed by atoms with van der Waals surface area (Å²) in [5.74, 6) is 0. The van der Waals surface area contributed by atoms with Crippen molar-refractivity contribution in [2.75, 3.05) is 5.32 Å². The van der Waals surface area contributed by atoms with Crippen LogP contribution in [0.15, 0.2) is 46.9 Å². The quantitative estimate of drug-likeness (QED) is 0.786. The maximum Gasteiger partial charge on any atom is 0.0401 e. The predicted octanol–water partition coefficient (Wildman–Crippen LogP) is 5.32. The molecule has 2 aromatic rings. The molecule has 0 saturated heterocycles. The molecule has 0 aliphatic heterocycles. The van der Waals surface area contributed by atoms with Crippen molar-refractivity contribution in [3.8, 4) is 0 Å². The number of halogens is 1. The molecular weight excluding hydrogens is 298 g/mol. The van der Waals surface area contributed by atoms with Crippen molar-refractivity contribution in [2.24, 2.45) is 0 Å². The van der Waals surface area contributed by atoms with Gasteiger partial charge in [0.1, 0.15) is 0 Å². The average Bonchev–Trinajstić information content (AvgIpc) is 2.39. The molecule has 1 nitrogen and oxygen atoms in total. The number of rotatable bonds is 5. The first-order valence-electron chi connectivity index (χ1n) is 6.77. The van der Waals surface area contributed by atoms with Crippen molar-refractivity contribution < 1.29 is 0 Å². The van der Waals surface area contributed by atoms with E-state index in [1.165, 1.54) is 28.8 Å². The van der Waals surface area contributed by atoms with E-state index in [0.717, 1.165) is 17.4 Å². The van der Waals surface area contributed by atoms with Crippen LogP contribution in [0.3, 0.4) is 0 Å². The van der Waals surface area contributed by atoms with E-state index < -0.39 is 0 Å². The van der Waals surface area contributed by atoms with Gasteiger partial charge in [-0.15, -0.1) is 0 Å². The Hall–Kier alpha value is -1.28. The van der Waals surface area contributed by atoms with Gasteiger partial charge < -0.3 is 5.32 Å². The minimum atomic E-state index is 0.853. The summed E-state index contributed by atoms with van der Waals surface area (Å²) in [6, 6.07) is 15.0. The molecule has 2 rings (SSSR count). The van der Waals surface area contributed by atoms with E-state index in [-0.39, 0.29) is 0 Å². The first-order valence-corrected chi connectivity index (χ1v) is 7.56. The smallest absolute Gasteiger partial charge is 0.0401 e. The average molecular weight is 318 g/mol. The Kier molecular flexibility index (Phi) is 5.03. The summed E-state index contributed by atoms with van der Waals surface area (Å²) >= 11 is 3.50. The molecule has 0 bridgehead atoms. The molecule has 0 amide bonds. The van der Waals surface area contributed by atoms with E-state index >= 15 is 0 Å². The van der Waals surface area contributed by atoms with Gasteiger partial charge in [-0.2, -0.15) is 0 Å². The lowest BCUT2D eigenvalue weighted by molar-refractivity contribution is 0.912. The molecule has 0 radical (unpaired) electrons. The first kappa shape index (κ1) is 14.1. The lowest BCUT2D eigenvalue weighted by Gasteiger charge is -2.10. The molecule has 0 aliphatic carbocycles. The lowest BCUT2D eigenvalue weighted by atomic mass is 10.0. The Labute approximate surface area is 124 Å². The first-order chi connectivity index (χ1) is 9.19. The number of aryl methyl sites for hydroxylation is 2. The highest BCUT2D eigenvalue weighted by atomic mass is 79.9. The monoisotopic (exact) mass is 317 g/mol. The SMILES string of the molecule is CCCc1ccc(NCc2cccc(Br)c2)cc1C. The van der Waals surface area contributed by atoms with Crippen molar-refractivity contribution in [2.45, 2.75) is 33.2 Å². The number of benzene rings is 2. The highest BCUT2D eigenvalue weighted by molar-refractivity contribution is 9.10. The molecule has 0 aromatic heterocycles. The Bertz CT molecular complexity index is 549. The second-order valence-corrected chi connectivity index (χ2v) is 5.79. The minimum Gasteiger partial charge on any atom is -0.381 e. The fourth-order valence-electron chi connectivity index (χ4n) is 2.21. The van der Waals surface area contributed by atoms with Crippen molar-refractivity contribution >= 4 is 21.6 Å². The van der Waals surface area contributed by atoms with Crippen molar-refractivity contribution in [3.63, 3.8) is 0 Å². The third kappa shape index (κ3) is 4.10. The minimum absolute atomic E-state index is 0.853. The van der Waals surface area contributed by atoms with E-state index in [0.29, 0.717) is 0 Å². The van der Waals surface area contributed by atoms with Crippen LogP contribution in [-0.2, 0) is 13.0 Å². The van der Waals surface area contributed by atoms with E-state index in [4.69, 9.17) is 0 Å². The van der Waals surface area contributed by atoms with Gasteiger partial charge in [0.2, 0.25) is 0 Å². The van der Waals surface area contributed by atoms with Gasteiger partial charge in [-0.25, -0.2) is 0 Å². The Balaban J connectivity index is 2.02. The summed E-state index contributed by atoms with van der Waals surface area (Å²) < 4.78 is 1.13. The summed E-state index contributed by atoms with van der Waals surface area (Å²) in [5, 5.41) is 3.48. The van der Waals surface area contributed by atoms with E-state index in [2.05, 4.69) is 71.5 Å². The van der Waals surface area contributed by atoms with E-state index in [1.807, 2.05) is 6.07 Å². The zero-order valence-corrected chi connectivity index (χ0v) is 13.1. The number of hydrogen-bond donors (Lipinski definition) is 1. The van der Waals surface area contributed by atoms with Gasteiger partial charge in [0, 0.05) is 16.7 Å². The van der Waals surface area contributed by atoms with Gasteiger partial charge in [-0.1, -0.05) is 47.5 Å². The Morgan fingerprint density at radius 2 is 1.95 bits per heavy atom. The highest BCUT2D eigenvalue weighted by Gasteiger charge is 2.00. The Morgan fingerprint density at radius 3 is 2.63 bits per heavy atom. The molecule has 0 aliphatic rings. The normalized spacial score (nSPS) is 10.5. The third-order valence-corrected chi connectivity index (χ3v) is 3.74. The number of anilines is 1. The molecule has 100 valence electrons. The fraction of sp³-hybridized carbons (Fsp3) is 0.294. The van der Waals surface area contributed by atoms with Gasteiger partial charge in [0.05, 0.1) is 0 Å². The standard InChI is InChI=1S/C17H20BrN/c1-3-5-15-8-9-17(10-13(15)2)19-12-14-6-4-7-16(18)11-14/h4,6-11,19H,3,5,12H2,1-2H3.